The normalized spacial score (nSPS) is 9.86. The number of carboxylic acids is 1. The number of hydrogen-bond acceptors (Lipinski definition) is 3. The second-order valence-electron chi connectivity index (χ2n) is 2.84. The first kappa shape index (κ1) is 10.5. The third-order valence-corrected chi connectivity index (χ3v) is 1.82. The van der Waals surface area contributed by atoms with Gasteiger partial charge in [-0.3, -0.25) is 10.3 Å². The lowest BCUT2D eigenvalue weighted by Gasteiger charge is -2.10. The molecule has 0 spiro atoms. The molecule has 0 aliphatic rings. The molecule has 0 aromatic heterocycles. The molecule has 1 aromatic rings. The molecule has 0 amide bonds. The van der Waals surface area contributed by atoms with Crippen molar-refractivity contribution in [3.05, 3.63) is 29.3 Å². The van der Waals surface area contributed by atoms with Gasteiger partial charge in [0.05, 0.1) is 17.9 Å². The standard InChI is InChI=1S/C10H13NO3/c1-3-14-11-9-7(2)5-4-6-8(9)10(12)13/h4-6,11H,3H2,1-2H3,(H,12,13). The number of hydrogen-bond donors (Lipinski definition) is 2. The molecule has 1 aromatic carbocycles. The molecule has 0 bridgehead atoms. The maximum atomic E-state index is 10.8. The molecular formula is C10H13NO3. The first-order chi connectivity index (χ1) is 6.66. The van der Waals surface area contributed by atoms with Gasteiger partial charge < -0.3 is 5.11 Å². The lowest BCUT2D eigenvalue weighted by atomic mass is 10.1. The molecule has 1 rings (SSSR count). The van der Waals surface area contributed by atoms with E-state index in [1.807, 2.05) is 19.9 Å². The topological polar surface area (TPSA) is 58.6 Å². The van der Waals surface area contributed by atoms with Gasteiger partial charge in [0.15, 0.2) is 0 Å². The Bertz CT molecular complexity index is 336. The number of anilines is 1. The quantitative estimate of drug-likeness (QED) is 0.722. The molecule has 2 N–H and O–H groups in total. The predicted octanol–water partition coefficient (Wildman–Crippen LogP) is 2.06. The third-order valence-electron chi connectivity index (χ3n) is 1.82. The van der Waals surface area contributed by atoms with Crippen molar-refractivity contribution in [1.29, 1.82) is 0 Å². The van der Waals surface area contributed by atoms with Gasteiger partial charge in [-0.25, -0.2) is 4.79 Å². The van der Waals surface area contributed by atoms with E-state index in [2.05, 4.69) is 5.48 Å². The van der Waals surface area contributed by atoms with E-state index in [0.29, 0.717) is 12.3 Å². The van der Waals surface area contributed by atoms with Crippen LogP contribution in [0.1, 0.15) is 22.8 Å². The molecule has 0 aliphatic carbocycles. The van der Waals surface area contributed by atoms with Crippen molar-refractivity contribution in [2.24, 2.45) is 0 Å². The predicted molar refractivity (Wildman–Crippen MR) is 53.4 cm³/mol. The monoisotopic (exact) mass is 195 g/mol. The van der Waals surface area contributed by atoms with E-state index in [9.17, 15) is 4.79 Å². The number of carbonyl (C=O) groups is 1. The van der Waals surface area contributed by atoms with Crippen LogP contribution in [0.3, 0.4) is 0 Å². The van der Waals surface area contributed by atoms with Gasteiger partial charge >= 0.3 is 5.97 Å². The summed E-state index contributed by atoms with van der Waals surface area (Å²) < 4.78 is 0. The Morgan fingerprint density at radius 2 is 2.29 bits per heavy atom. The molecule has 4 heteroatoms. The smallest absolute Gasteiger partial charge is 0.337 e. The fourth-order valence-electron chi connectivity index (χ4n) is 1.13. The zero-order valence-electron chi connectivity index (χ0n) is 8.20. The van der Waals surface area contributed by atoms with E-state index in [-0.39, 0.29) is 5.56 Å². The summed E-state index contributed by atoms with van der Waals surface area (Å²) in [4.78, 5) is 15.8. The molecular weight excluding hydrogens is 182 g/mol. The highest BCUT2D eigenvalue weighted by atomic mass is 16.6. The lowest BCUT2D eigenvalue weighted by molar-refractivity contribution is 0.0696. The Hall–Kier alpha value is -1.55. The van der Waals surface area contributed by atoms with Crippen molar-refractivity contribution in [3.8, 4) is 0 Å². The number of aryl methyl sites for hydroxylation is 1. The van der Waals surface area contributed by atoms with Gasteiger partial charge in [-0.1, -0.05) is 12.1 Å². The summed E-state index contributed by atoms with van der Waals surface area (Å²) >= 11 is 0. The molecule has 0 aliphatic heterocycles. The van der Waals surface area contributed by atoms with E-state index < -0.39 is 5.97 Å². The largest absolute Gasteiger partial charge is 0.478 e. The van der Waals surface area contributed by atoms with Crippen LogP contribution in [-0.2, 0) is 4.84 Å². The van der Waals surface area contributed by atoms with Gasteiger partial charge in [-0.2, -0.15) is 0 Å². The van der Waals surface area contributed by atoms with Crippen LogP contribution < -0.4 is 5.48 Å². The van der Waals surface area contributed by atoms with Crippen molar-refractivity contribution in [1.82, 2.24) is 0 Å². The number of para-hydroxylation sites is 1. The van der Waals surface area contributed by atoms with Crippen LogP contribution in [0.25, 0.3) is 0 Å². The van der Waals surface area contributed by atoms with Crippen LogP contribution in [0, 0.1) is 6.92 Å². The number of aromatic carboxylic acids is 1. The zero-order valence-corrected chi connectivity index (χ0v) is 8.20. The van der Waals surface area contributed by atoms with Gasteiger partial charge in [-0.15, -0.1) is 0 Å². The Labute approximate surface area is 82.5 Å². The number of rotatable bonds is 4. The second-order valence-corrected chi connectivity index (χ2v) is 2.84. The van der Waals surface area contributed by atoms with Crippen molar-refractivity contribution >= 4 is 11.7 Å². The summed E-state index contributed by atoms with van der Waals surface area (Å²) in [5.41, 5.74) is 4.21. The summed E-state index contributed by atoms with van der Waals surface area (Å²) in [5.74, 6) is -0.962. The molecule has 0 unspecified atom stereocenters. The summed E-state index contributed by atoms with van der Waals surface area (Å²) in [6, 6.07) is 5.07. The summed E-state index contributed by atoms with van der Waals surface area (Å²) in [7, 11) is 0. The van der Waals surface area contributed by atoms with E-state index in [4.69, 9.17) is 9.94 Å². The Morgan fingerprint density at radius 3 is 2.86 bits per heavy atom. The Morgan fingerprint density at radius 1 is 1.57 bits per heavy atom. The highest BCUT2D eigenvalue weighted by molar-refractivity contribution is 5.94. The van der Waals surface area contributed by atoms with Crippen LogP contribution in [0.4, 0.5) is 5.69 Å². The minimum Gasteiger partial charge on any atom is -0.478 e. The Balaban J connectivity index is 3.02. The van der Waals surface area contributed by atoms with Gasteiger partial charge in [-0.05, 0) is 25.5 Å². The SMILES string of the molecule is CCONc1c(C)cccc1C(=O)O. The van der Waals surface area contributed by atoms with Crippen molar-refractivity contribution in [3.63, 3.8) is 0 Å². The average Bonchev–Trinajstić information content (AvgIpc) is 2.15. The van der Waals surface area contributed by atoms with E-state index in [1.54, 1.807) is 6.07 Å². The molecule has 76 valence electrons. The molecule has 0 heterocycles. The number of nitrogens with one attached hydrogen (secondary N) is 1. The highest BCUT2D eigenvalue weighted by Crippen LogP contribution is 2.20. The second kappa shape index (κ2) is 4.62. The molecule has 0 fully saturated rings. The first-order valence-corrected chi connectivity index (χ1v) is 4.37. The van der Waals surface area contributed by atoms with E-state index in [1.165, 1.54) is 6.07 Å². The molecule has 0 saturated carbocycles. The fourth-order valence-corrected chi connectivity index (χ4v) is 1.13. The molecule has 4 nitrogen and oxygen atoms in total. The van der Waals surface area contributed by atoms with Crippen molar-refractivity contribution < 1.29 is 14.7 Å². The van der Waals surface area contributed by atoms with Gasteiger partial charge in [0, 0.05) is 0 Å². The lowest BCUT2D eigenvalue weighted by Crippen LogP contribution is -2.08. The van der Waals surface area contributed by atoms with Crippen molar-refractivity contribution in [2.45, 2.75) is 13.8 Å². The van der Waals surface area contributed by atoms with Crippen molar-refractivity contribution in [2.75, 3.05) is 12.1 Å². The molecule has 0 atom stereocenters. The Kier molecular flexibility index (Phi) is 3.48. The molecule has 0 saturated heterocycles. The van der Waals surface area contributed by atoms with Crippen LogP contribution in [-0.4, -0.2) is 17.7 Å². The number of carboxylic acid groups (broad SMARTS) is 1. The zero-order chi connectivity index (χ0) is 10.6. The van der Waals surface area contributed by atoms with Gasteiger partial charge in [0.2, 0.25) is 0 Å². The third kappa shape index (κ3) is 2.23. The fraction of sp³-hybridized carbons (Fsp3) is 0.300. The molecule has 0 radical (unpaired) electrons. The van der Waals surface area contributed by atoms with Gasteiger partial charge in [0.1, 0.15) is 0 Å². The van der Waals surface area contributed by atoms with Crippen LogP contribution in [0.5, 0.6) is 0 Å². The number of benzene rings is 1. The average molecular weight is 195 g/mol. The summed E-state index contributed by atoms with van der Waals surface area (Å²) in [6.45, 7) is 4.13. The van der Waals surface area contributed by atoms with Crippen LogP contribution >= 0.6 is 0 Å². The van der Waals surface area contributed by atoms with Crippen LogP contribution in [0.2, 0.25) is 0 Å². The maximum absolute atomic E-state index is 10.8. The summed E-state index contributed by atoms with van der Waals surface area (Å²) in [6.07, 6.45) is 0. The van der Waals surface area contributed by atoms with Crippen LogP contribution in [0.15, 0.2) is 18.2 Å². The van der Waals surface area contributed by atoms with Gasteiger partial charge in [0.25, 0.3) is 0 Å². The minimum atomic E-state index is -0.962. The first-order valence-electron chi connectivity index (χ1n) is 4.37. The molecule has 14 heavy (non-hydrogen) atoms. The highest BCUT2D eigenvalue weighted by Gasteiger charge is 2.11. The summed E-state index contributed by atoms with van der Waals surface area (Å²) in [5, 5.41) is 8.89. The van der Waals surface area contributed by atoms with E-state index in [0.717, 1.165) is 5.56 Å². The minimum absolute atomic E-state index is 0.221. The van der Waals surface area contributed by atoms with E-state index >= 15 is 0 Å². The maximum Gasteiger partial charge on any atom is 0.337 e.